The van der Waals surface area contributed by atoms with Gasteiger partial charge in [-0.05, 0) is 18.6 Å². The predicted octanol–water partition coefficient (Wildman–Crippen LogP) is 1.73. The molecule has 0 aromatic carbocycles. The lowest BCUT2D eigenvalue weighted by atomic mass is 10.5. The number of nitrogens with zero attached hydrogens (tertiary/aromatic N) is 1. The average Bonchev–Trinajstić information content (AvgIpc) is 2.75. The number of aliphatic hydroxyl groups excluding tert-OH is 1. The fraction of sp³-hybridized carbons (Fsp3) is 0.600. The van der Waals surface area contributed by atoms with E-state index in [1.165, 1.54) is 6.07 Å². The van der Waals surface area contributed by atoms with Crippen LogP contribution in [-0.2, 0) is 16.6 Å². The summed E-state index contributed by atoms with van der Waals surface area (Å²) in [7, 11) is -4.35. The average molecular weight is 301 g/mol. The SMILES string of the molecule is CCCN(CC(F)(F)F)S(=O)(=O)c1ccc(CO)o1. The molecule has 110 valence electrons. The molecule has 0 aliphatic heterocycles. The molecular weight excluding hydrogens is 287 g/mol. The normalized spacial score (nSPS) is 13.2. The third kappa shape index (κ3) is 4.22. The number of halogens is 3. The van der Waals surface area contributed by atoms with E-state index in [4.69, 9.17) is 9.52 Å². The van der Waals surface area contributed by atoms with Crippen LogP contribution in [0.25, 0.3) is 0 Å². The van der Waals surface area contributed by atoms with Crippen molar-refractivity contribution in [3.63, 3.8) is 0 Å². The summed E-state index contributed by atoms with van der Waals surface area (Å²) in [4.78, 5) is 0. The monoisotopic (exact) mass is 301 g/mol. The van der Waals surface area contributed by atoms with Crippen LogP contribution < -0.4 is 0 Å². The molecule has 0 aliphatic carbocycles. The molecular formula is C10H14F3NO4S. The van der Waals surface area contributed by atoms with Gasteiger partial charge < -0.3 is 9.52 Å². The Kier molecular flexibility index (Phi) is 4.99. The number of furan rings is 1. The Morgan fingerprint density at radius 1 is 1.37 bits per heavy atom. The summed E-state index contributed by atoms with van der Waals surface area (Å²) in [5, 5.41) is 8.16. The van der Waals surface area contributed by atoms with Crippen LogP contribution in [-0.4, -0.2) is 37.1 Å². The highest BCUT2D eigenvalue weighted by molar-refractivity contribution is 7.89. The van der Waals surface area contributed by atoms with E-state index in [2.05, 4.69) is 0 Å². The zero-order valence-electron chi connectivity index (χ0n) is 10.1. The Morgan fingerprint density at radius 3 is 2.42 bits per heavy atom. The molecule has 9 heteroatoms. The lowest BCUT2D eigenvalue weighted by Crippen LogP contribution is -2.39. The third-order valence-electron chi connectivity index (χ3n) is 2.22. The zero-order chi connectivity index (χ0) is 14.7. The molecule has 0 atom stereocenters. The van der Waals surface area contributed by atoms with Gasteiger partial charge in [-0.3, -0.25) is 0 Å². The van der Waals surface area contributed by atoms with Crippen molar-refractivity contribution < 1.29 is 31.1 Å². The first-order valence-electron chi connectivity index (χ1n) is 5.47. The summed E-state index contributed by atoms with van der Waals surface area (Å²) in [6.45, 7) is -0.794. The molecule has 0 amide bonds. The summed E-state index contributed by atoms with van der Waals surface area (Å²) in [6.07, 6.45) is -4.39. The van der Waals surface area contributed by atoms with Crippen LogP contribution >= 0.6 is 0 Å². The Hall–Kier alpha value is -1.06. The number of hydrogen-bond donors (Lipinski definition) is 1. The van der Waals surface area contributed by atoms with Gasteiger partial charge in [-0.25, -0.2) is 8.42 Å². The largest absolute Gasteiger partial charge is 0.446 e. The molecule has 1 aromatic heterocycles. The van der Waals surface area contributed by atoms with Gasteiger partial charge in [0.1, 0.15) is 18.9 Å². The van der Waals surface area contributed by atoms with Gasteiger partial charge in [0.15, 0.2) is 0 Å². The van der Waals surface area contributed by atoms with Crippen molar-refractivity contribution in [1.29, 1.82) is 0 Å². The zero-order valence-corrected chi connectivity index (χ0v) is 11.0. The van der Waals surface area contributed by atoms with Crippen molar-refractivity contribution in [3.05, 3.63) is 17.9 Å². The van der Waals surface area contributed by atoms with Gasteiger partial charge in [-0.1, -0.05) is 6.92 Å². The van der Waals surface area contributed by atoms with Crippen LogP contribution in [0.5, 0.6) is 0 Å². The molecule has 1 aromatic rings. The highest BCUT2D eigenvalue weighted by Crippen LogP contribution is 2.24. The quantitative estimate of drug-likeness (QED) is 0.868. The maximum absolute atomic E-state index is 12.4. The van der Waals surface area contributed by atoms with Crippen LogP contribution in [0, 0.1) is 0 Å². The second-order valence-corrected chi connectivity index (χ2v) is 5.70. The van der Waals surface area contributed by atoms with Crippen molar-refractivity contribution in [1.82, 2.24) is 4.31 Å². The Morgan fingerprint density at radius 2 is 2.00 bits per heavy atom. The van der Waals surface area contributed by atoms with E-state index in [0.717, 1.165) is 6.07 Å². The van der Waals surface area contributed by atoms with Gasteiger partial charge in [0, 0.05) is 6.54 Å². The minimum absolute atomic E-state index is 0.0259. The maximum Gasteiger partial charge on any atom is 0.402 e. The number of aliphatic hydroxyl groups is 1. The molecule has 0 fully saturated rings. The summed E-state index contributed by atoms with van der Waals surface area (Å²) in [5.41, 5.74) is 0. The van der Waals surface area contributed by atoms with Gasteiger partial charge in [0.2, 0.25) is 5.09 Å². The third-order valence-corrected chi connectivity index (χ3v) is 3.94. The van der Waals surface area contributed by atoms with E-state index >= 15 is 0 Å². The molecule has 19 heavy (non-hydrogen) atoms. The Bertz CT molecular complexity index is 509. The number of alkyl halides is 3. The van der Waals surface area contributed by atoms with Crippen molar-refractivity contribution >= 4 is 10.0 Å². The van der Waals surface area contributed by atoms with Crippen LogP contribution in [0.1, 0.15) is 19.1 Å². The van der Waals surface area contributed by atoms with Gasteiger partial charge in [-0.15, -0.1) is 0 Å². The molecule has 0 aliphatic rings. The molecule has 5 nitrogen and oxygen atoms in total. The van der Waals surface area contributed by atoms with Gasteiger partial charge >= 0.3 is 6.18 Å². The molecule has 0 bridgehead atoms. The van der Waals surface area contributed by atoms with E-state index in [0.29, 0.717) is 4.31 Å². The smallest absolute Gasteiger partial charge is 0.402 e. The summed E-state index contributed by atoms with van der Waals surface area (Å²) in [5.74, 6) is -0.0259. The van der Waals surface area contributed by atoms with Crippen LogP contribution in [0.2, 0.25) is 0 Å². The first-order valence-corrected chi connectivity index (χ1v) is 6.91. The van der Waals surface area contributed by atoms with E-state index < -0.39 is 34.4 Å². The molecule has 0 saturated carbocycles. The summed E-state index contributed by atoms with van der Waals surface area (Å²) in [6, 6.07) is 2.23. The lowest BCUT2D eigenvalue weighted by Gasteiger charge is -2.21. The summed E-state index contributed by atoms with van der Waals surface area (Å²) < 4.78 is 66.2. The second-order valence-electron chi connectivity index (χ2n) is 3.83. The minimum atomic E-state index is -4.63. The van der Waals surface area contributed by atoms with Crippen LogP contribution in [0.15, 0.2) is 21.6 Å². The first kappa shape index (κ1) is 16.0. The number of rotatable bonds is 6. The fourth-order valence-electron chi connectivity index (χ4n) is 1.44. The lowest BCUT2D eigenvalue weighted by molar-refractivity contribution is -0.136. The Balaban J connectivity index is 3.05. The van der Waals surface area contributed by atoms with E-state index in [9.17, 15) is 21.6 Å². The van der Waals surface area contributed by atoms with E-state index in [1.54, 1.807) is 6.92 Å². The molecule has 0 spiro atoms. The second kappa shape index (κ2) is 5.93. The van der Waals surface area contributed by atoms with Crippen molar-refractivity contribution in [2.75, 3.05) is 13.1 Å². The standard InChI is InChI=1S/C10H14F3NO4S/c1-2-5-14(7-10(11,12)13)19(16,17)9-4-3-8(6-15)18-9/h3-4,15H,2,5-7H2,1H3. The topological polar surface area (TPSA) is 70.8 Å². The van der Waals surface area contributed by atoms with Gasteiger partial charge in [0.05, 0.1) is 0 Å². The van der Waals surface area contributed by atoms with E-state index in [-0.39, 0.29) is 18.7 Å². The molecule has 0 saturated heterocycles. The van der Waals surface area contributed by atoms with Gasteiger partial charge in [0.25, 0.3) is 10.0 Å². The Labute approximate surface area is 108 Å². The van der Waals surface area contributed by atoms with Crippen molar-refractivity contribution in [2.45, 2.75) is 31.2 Å². The highest BCUT2D eigenvalue weighted by atomic mass is 32.2. The number of sulfonamides is 1. The molecule has 1 rings (SSSR count). The van der Waals surface area contributed by atoms with Crippen molar-refractivity contribution in [3.8, 4) is 0 Å². The van der Waals surface area contributed by atoms with Crippen LogP contribution in [0.3, 0.4) is 0 Å². The molecule has 1 N–H and O–H groups in total. The maximum atomic E-state index is 12.4. The van der Waals surface area contributed by atoms with Crippen molar-refractivity contribution in [2.24, 2.45) is 0 Å². The van der Waals surface area contributed by atoms with Gasteiger partial charge in [-0.2, -0.15) is 17.5 Å². The minimum Gasteiger partial charge on any atom is -0.446 e. The van der Waals surface area contributed by atoms with E-state index in [1.807, 2.05) is 0 Å². The molecule has 0 radical (unpaired) electrons. The predicted molar refractivity (Wildman–Crippen MR) is 59.7 cm³/mol. The fourth-order valence-corrected chi connectivity index (χ4v) is 2.89. The number of hydrogen-bond acceptors (Lipinski definition) is 4. The summed E-state index contributed by atoms with van der Waals surface area (Å²) >= 11 is 0. The van der Waals surface area contributed by atoms with Crippen LogP contribution in [0.4, 0.5) is 13.2 Å². The molecule has 1 heterocycles. The first-order chi connectivity index (χ1) is 8.70. The molecule has 0 unspecified atom stereocenters. The highest BCUT2D eigenvalue weighted by Gasteiger charge is 2.37.